The first-order valence-electron chi connectivity index (χ1n) is 6.92. The number of aromatic nitrogens is 2. The summed E-state index contributed by atoms with van der Waals surface area (Å²) in [5, 5.41) is 7.60. The molecule has 0 fully saturated rings. The third-order valence-corrected chi connectivity index (χ3v) is 3.54. The molecule has 1 aromatic heterocycles. The number of aliphatic imine (C=N–C) groups is 1. The van der Waals surface area contributed by atoms with Crippen LogP contribution < -0.4 is 10.2 Å². The fraction of sp³-hybridized carbons (Fsp3) is 0.333. The van der Waals surface area contributed by atoms with Gasteiger partial charge >= 0.3 is 0 Å². The number of hydrogen-bond donors (Lipinski definition) is 1. The van der Waals surface area contributed by atoms with Crippen molar-refractivity contribution in [2.45, 2.75) is 13.0 Å². The maximum atomic E-state index is 4.39. The fourth-order valence-electron chi connectivity index (χ4n) is 2.57. The topological polar surface area (TPSA) is 45.5 Å². The van der Waals surface area contributed by atoms with Crippen molar-refractivity contribution in [3.8, 4) is 0 Å². The molecule has 5 heteroatoms. The summed E-state index contributed by atoms with van der Waals surface area (Å²) in [6.07, 6.45) is 4.84. The van der Waals surface area contributed by atoms with Crippen LogP contribution in [0.3, 0.4) is 0 Å². The van der Waals surface area contributed by atoms with Gasteiger partial charge in [0, 0.05) is 38.2 Å². The molecule has 1 aliphatic rings. The Morgan fingerprint density at radius 1 is 1.35 bits per heavy atom. The second-order valence-electron chi connectivity index (χ2n) is 4.77. The van der Waals surface area contributed by atoms with Gasteiger partial charge in [0.05, 0.1) is 6.54 Å². The lowest BCUT2D eigenvalue weighted by molar-refractivity contribution is 0.601. The van der Waals surface area contributed by atoms with Crippen LogP contribution in [0.25, 0.3) is 0 Å². The van der Waals surface area contributed by atoms with E-state index < -0.39 is 0 Å². The minimum Gasteiger partial charge on any atom is -0.354 e. The van der Waals surface area contributed by atoms with E-state index in [0.29, 0.717) is 0 Å². The number of rotatable bonds is 3. The predicted octanol–water partition coefficient (Wildman–Crippen LogP) is 1.52. The van der Waals surface area contributed by atoms with E-state index in [2.05, 4.69) is 44.6 Å². The van der Waals surface area contributed by atoms with Crippen LogP contribution in [0.15, 0.2) is 47.7 Å². The predicted molar refractivity (Wildman–Crippen MR) is 81.1 cm³/mol. The minimum absolute atomic E-state index is 0.813. The Labute approximate surface area is 118 Å². The highest BCUT2D eigenvalue weighted by Gasteiger charge is 2.21. The molecule has 0 saturated carbocycles. The zero-order valence-electron chi connectivity index (χ0n) is 11.7. The summed E-state index contributed by atoms with van der Waals surface area (Å²) in [5.74, 6) is 0.933. The monoisotopic (exact) mass is 269 g/mol. The standard InChI is InChI=1S/C15H19N5/c1-16-15(17-9-12-19-10-4-8-18-19)20-11-7-13-5-2-3-6-14(13)20/h2-6,8,10H,7,9,11-12H2,1H3,(H,16,17). The number of benzene rings is 1. The van der Waals surface area contributed by atoms with Crippen LogP contribution in [0, 0.1) is 0 Å². The van der Waals surface area contributed by atoms with E-state index in [-0.39, 0.29) is 0 Å². The molecule has 1 aromatic carbocycles. The minimum atomic E-state index is 0.813. The number of guanidine groups is 1. The van der Waals surface area contributed by atoms with Gasteiger partial charge in [-0.05, 0) is 24.1 Å². The van der Waals surface area contributed by atoms with Crippen molar-refractivity contribution >= 4 is 11.6 Å². The van der Waals surface area contributed by atoms with Gasteiger partial charge in [0.15, 0.2) is 5.96 Å². The summed E-state index contributed by atoms with van der Waals surface area (Å²) in [4.78, 5) is 6.64. The molecule has 104 valence electrons. The number of hydrogen-bond acceptors (Lipinski definition) is 2. The molecule has 0 radical (unpaired) electrons. The molecule has 5 nitrogen and oxygen atoms in total. The summed E-state index contributed by atoms with van der Waals surface area (Å²) in [5.41, 5.74) is 2.65. The second-order valence-corrected chi connectivity index (χ2v) is 4.77. The molecule has 3 rings (SSSR count). The van der Waals surface area contributed by atoms with E-state index >= 15 is 0 Å². The van der Waals surface area contributed by atoms with Crippen molar-refractivity contribution in [3.05, 3.63) is 48.3 Å². The molecule has 0 bridgehead atoms. The van der Waals surface area contributed by atoms with Crippen molar-refractivity contribution in [1.82, 2.24) is 15.1 Å². The smallest absolute Gasteiger partial charge is 0.198 e. The van der Waals surface area contributed by atoms with E-state index in [9.17, 15) is 0 Å². The van der Waals surface area contributed by atoms with E-state index in [4.69, 9.17) is 0 Å². The van der Waals surface area contributed by atoms with Gasteiger partial charge in [-0.25, -0.2) is 0 Å². The highest BCUT2D eigenvalue weighted by atomic mass is 15.3. The Kier molecular flexibility index (Phi) is 3.67. The number of nitrogens with one attached hydrogen (secondary N) is 1. The largest absolute Gasteiger partial charge is 0.354 e. The zero-order valence-corrected chi connectivity index (χ0v) is 11.7. The molecule has 0 aliphatic carbocycles. The average molecular weight is 269 g/mol. The Morgan fingerprint density at radius 3 is 3.05 bits per heavy atom. The lowest BCUT2D eigenvalue weighted by Crippen LogP contribution is -2.41. The number of fused-ring (bicyclic) bond motifs is 1. The van der Waals surface area contributed by atoms with Crippen LogP contribution in [0.4, 0.5) is 5.69 Å². The Balaban J connectivity index is 1.63. The highest BCUT2D eigenvalue weighted by molar-refractivity contribution is 5.97. The lowest BCUT2D eigenvalue weighted by atomic mass is 10.2. The third-order valence-electron chi connectivity index (χ3n) is 3.54. The van der Waals surface area contributed by atoms with Gasteiger partial charge in [-0.15, -0.1) is 0 Å². The molecule has 0 spiro atoms. The molecule has 1 aliphatic heterocycles. The van der Waals surface area contributed by atoms with E-state index in [1.54, 1.807) is 6.20 Å². The van der Waals surface area contributed by atoms with E-state index in [0.717, 1.165) is 32.0 Å². The first-order chi connectivity index (χ1) is 9.88. The van der Waals surface area contributed by atoms with Gasteiger partial charge in [-0.3, -0.25) is 9.67 Å². The molecule has 0 unspecified atom stereocenters. The van der Waals surface area contributed by atoms with Crippen LogP contribution in [0.5, 0.6) is 0 Å². The van der Waals surface area contributed by atoms with Crippen LogP contribution >= 0.6 is 0 Å². The Bertz CT molecular complexity index is 588. The lowest BCUT2D eigenvalue weighted by Gasteiger charge is -2.22. The van der Waals surface area contributed by atoms with Crippen molar-refractivity contribution in [2.75, 3.05) is 25.0 Å². The molecule has 0 saturated heterocycles. The van der Waals surface area contributed by atoms with Crippen LogP contribution in [-0.4, -0.2) is 35.9 Å². The molecule has 0 amide bonds. The molecule has 2 heterocycles. The SMILES string of the molecule is CN=C(NCCn1cccn1)N1CCc2ccccc21. The number of nitrogens with zero attached hydrogens (tertiary/aromatic N) is 4. The molecule has 1 N–H and O–H groups in total. The average Bonchev–Trinajstić information content (AvgIpc) is 3.13. The Morgan fingerprint density at radius 2 is 2.25 bits per heavy atom. The van der Waals surface area contributed by atoms with Gasteiger partial charge in [0.2, 0.25) is 0 Å². The molecular formula is C15H19N5. The summed E-state index contributed by atoms with van der Waals surface area (Å²) < 4.78 is 1.91. The van der Waals surface area contributed by atoms with E-state index in [1.807, 2.05) is 24.0 Å². The molecule has 20 heavy (non-hydrogen) atoms. The first-order valence-corrected chi connectivity index (χ1v) is 6.92. The molecule has 0 atom stereocenters. The van der Waals surface area contributed by atoms with Gasteiger partial charge in [0.1, 0.15) is 0 Å². The first kappa shape index (κ1) is 12.7. The van der Waals surface area contributed by atoms with Crippen molar-refractivity contribution in [1.29, 1.82) is 0 Å². The van der Waals surface area contributed by atoms with Crippen molar-refractivity contribution in [2.24, 2.45) is 4.99 Å². The summed E-state index contributed by atoms with van der Waals surface area (Å²) in [7, 11) is 1.83. The van der Waals surface area contributed by atoms with Crippen LogP contribution in [-0.2, 0) is 13.0 Å². The van der Waals surface area contributed by atoms with Crippen molar-refractivity contribution < 1.29 is 0 Å². The molecular weight excluding hydrogens is 250 g/mol. The zero-order chi connectivity index (χ0) is 13.8. The number of anilines is 1. The normalized spacial score (nSPS) is 14.4. The van der Waals surface area contributed by atoms with Crippen LogP contribution in [0.2, 0.25) is 0 Å². The summed E-state index contributed by atoms with van der Waals surface area (Å²) in [6, 6.07) is 10.4. The maximum absolute atomic E-state index is 4.39. The quantitative estimate of drug-likeness (QED) is 0.679. The van der Waals surface area contributed by atoms with Gasteiger partial charge in [-0.1, -0.05) is 18.2 Å². The number of para-hydroxylation sites is 1. The maximum Gasteiger partial charge on any atom is 0.198 e. The van der Waals surface area contributed by atoms with Crippen molar-refractivity contribution in [3.63, 3.8) is 0 Å². The third kappa shape index (κ3) is 2.52. The highest BCUT2D eigenvalue weighted by Crippen LogP contribution is 2.27. The second kappa shape index (κ2) is 5.77. The summed E-state index contributed by atoms with van der Waals surface area (Å²) >= 11 is 0. The van der Waals surface area contributed by atoms with E-state index in [1.165, 1.54) is 11.3 Å². The Hall–Kier alpha value is -2.30. The summed E-state index contributed by atoms with van der Waals surface area (Å²) in [6.45, 7) is 2.63. The fourth-order valence-corrected chi connectivity index (χ4v) is 2.57. The molecule has 2 aromatic rings. The van der Waals surface area contributed by atoms with Gasteiger partial charge in [0.25, 0.3) is 0 Å². The van der Waals surface area contributed by atoms with Gasteiger partial charge in [-0.2, -0.15) is 5.10 Å². The van der Waals surface area contributed by atoms with Gasteiger partial charge < -0.3 is 10.2 Å². The van der Waals surface area contributed by atoms with Crippen LogP contribution in [0.1, 0.15) is 5.56 Å².